The first-order valence-corrected chi connectivity index (χ1v) is 5.30. The highest BCUT2D eigenvalue weighted by molar-refractivity contribution is 5.75. The fourth-order valence-corrected chi connectivity index (χ4v) is 1.91. The SMILES string of the molecule is COC1C(O)CC(O)(C(=O)O)OC1CCN=[N+]=[N-]. The van der Waals surface area contributed by atoms with Crippen molar-refractivity contribution in [3.63, 3.8) is 0 Å². The molecule has 0 aliphatic carbocycles. The van der Waals surface area contributed by atoms with Crippen molar-refractivity contribution in [2.24, 2.45) is 5.11 Å². The van der Waals surface area contributed by atoms with Crippen LogP contribution in [0, 0.1) is 0 Å². The lowest BCUT2D eigenvalue weighted by molar-refractivity contribution is -0.297. The molecule has 1 fully saturated rings. The third kappa shape index (κ3) is 3.09. The Morgan fingerprint density at radius 3 is 2.89 bits per heavy atom. The van der Waals surface area contributed by atoms with Gasteiger partial charge in [0.2, 0.25) is 0 Å². The van der Waals surface area contributed by atoms with E-state index in [1.807, 2.05) is 0 Å². The van der Waals surface area contributed by atoms with Crippen LogP contribution in [0.15, 0.2) is 5.11 Å². The van der Waals surface area contributed by atoms with Crippen molar-refractivity contribution in [1.82, 2.24) is 0 Å². The summed E-state index contributed by atoms with van der Waals surface area (Å²) < 4.78 is 10.0. The third-order valence-electron chi connectivity index (χ3n) is 2.76. The molecule has 1 heterocycles. The molecule has 1 rings (SSSR count). The minimum atomic E-state index is -2.45. The number of carbonyl (C=O) groups is 1. The van der Waals surface area contributed by atoms with E-state index in [1.165, 1.54) is 7.11 Å². The van der Waals surface area contributed by atoms with E-state index in [2.05, 4.69) is 10.0 Å². The number of aliphatic hydroxyl groups excluding tert-OH is 1. The molecular formula is C9H15N3O6. The first-order chi connectivity index (χ1) is 8.44. The number of carboxylic acids is 1. The van der Waals surface area contributed by atoms with Gasteiger partial charge in [0.05, 0.1) is 12.2 Å². The average Bonchev–Trinajstić information content (AvgIpc) is 2.28. The van der Waals surface area contributed by atoms with Gasteiger partial charge in [-0.15, -0.1) is 0 Å². The average molecular weight is 261 g/mol. The van der Waals surface area contributed by atoms with Crippen molar-refractivity contribution in [2.45, 2.75) is 36.9 Å². The normalized spacial score (nSPS) is 35.8. The molecule has 0 amide bonds. The summed E-state index contributed by atoms with van der Waals surface area (Å²) in [5, 5.41) is 31.6. The summed E-state index contributed by atoms with van der Waals surface area (Å²) in [6.07, 6.45) is -3.18. The zero-order valence-corrected chi connectivity index (χ0v) is 9.76. The van der Waals surface area contributed by atoms with Gasteiger partial charge in [0.15, 0.2) is 0 Å². The number of hydrogen-bond donors (Lipinski definition) is 3. The number of ether oxygens (including phenoxy) is 2. The van der Waals surface area contributed by atoms with Crippen LogP contribution in [-0.2, 0) is 14.3 Å². The molecule has 0 spiro atoms. The Morgan fingerprint density at radius 1 is 1.72 bits per heavy atom. The molecule has 0 saturated carbocycles. The van der Waals surface area contributed by atoms with Crippen LogP contribution in [0.1, 0.15) is 12.8 Å². The number of aliphatic carboxylic acids is 1. The van der Waals surface area contributed by atoms with Crippen LogP contribution >= 0.6 is 0 Å². The second-order valence-electron chi connectivity index (χ2n) is 3.96. The largest absolute Gasteiger partial charge is 0.477 e. The second-order valence-corrected chi connectivity index (χ2v) is 3.96. The van der Waals surface area contributed by atoms with E-state index in [-0.39, 0.29) is 13.0 Å². The second kappa shape index (κ2) is 5.98. The number of rotatable bonds is 5. The summed E-state index contributed by atoms with van der Waals surface area (Å²) in [6.45, 7) is 0.0451. The minimum absolute atomic E-state index is 0.0451. The Balaban J connectivity index is 2.81. The minimum Gasteiger partial charge on any atom is -0.477 e. The molecule has 0 bridgehead atoms. The van der Waals surface area contributed by atoms with Gasteiger partial charge in [-0.05, 0) is 12.0 Å². The van der Waals surface area contributed by atoms with Crippen molar-refractivity contribution in [2.75, 3.05) is 13.7 Å². The van der Waals surface area contributed by atoms with Crippen LogP contribution in [0.25, 0.3) is 10.4 Å². The van der Waals surface area contributed by atoms with Gasteiger partial charge in [-0.3, -0.25) is 0 Å². The van der Waals surface area contributed by atoms with Gasteiger partial charge in [-0.1, -0.05) is 5.11 Å². The summed E-state index contributed by atoms with van der Waals surface area (Å²) in [4.78, 5) is 13.4. The Hall–Kier alpha value is -1.38. The van der Waals surface area contributed by atoms with Gasteiger partial charge in [-0.2, -0.15) is 0 Å². The van der Waals surface area contributed by atoms with Gasteiger partial charge >= 0.3 is 5.97 Å². The van der Waals surface area contributed by atoms with Crippen LogP contribution < -0.4 is 0 Å². The molecular weight excluding hydrogens is 246 g/mol. The summed E-state index contributed by atoms with van der Waals surface area (Å²) >= 11 is 0. The lowest BCUT2D eigenvalue weighted by Gasteiger charge is -2.41. The molecule has 1 saturated heterocycles. The first kappa shape index (κ1) is 14.7. The molecule has 0 aromatic carbocycles. The highest BCUT2D eigenvalue weighted by atomic mass is 16.7. The van der Waals surface area contributed by atoms with Gasteiger partial charge in [0.1, 0.15) is 6.10 Å². The lowest BCUT2D eigenvalue weighted by Crippen LogP contribution is -2.58. The quantitative estimate of drug-likeness (QED) is 0.349. The van der Waals surface area contributed by atoms with Crippen molar-refractivity contribution in [1.29, 1.82) is 0 Å². The number of methoxy groups -OCH3 is 1. The third-order valence-corrected chi connectivity index (χ3v) is 2.76. The molecule has 9 nitrogen and oxygen atoms in total. The molecule has 9 heteroatoms. The number of nitrogens with zero attached hydrogens (tertiary/aromatic N) is 3. The fraction of sp³-hybridized carbons (Fsp3) is 0.889. The molecule has 18 heavy (non-hydrogen) atoms. The summed E-state index contributed by atoms with van der Waals surface area (Å²) in [5.41, 5.74) is 8.16. The molecule has 102 valence electrons. The van der Waals surface area contributed by atoms with E-state index in [0.717, 1.165) is 0 Å². The van der Waals surface area contributed by atoms with E-state index in [9.17, 15) is 15.0 Å². The van der Waals surface area contributed by atoms with E-state index >= 15 is 0 Å². The monoisotopic (exact) mass is 261 g/mol. The first-order valence-electron chi connectivity index (χ1n) is 5.30. The van der Waals surface area contributed by atoms with Crippen LogP contribution in [0.2, 0.25) is 0 Å². The van der Waals surface area contributed by atoms with E-state index in [0.29, 0.717) is 0 Å². The Kier molecular flexibility index (Phi) is 4.88. The van der Waals surface area contributed by atoms with E-state index in [4.69, 9.17) is 20.1 Å². The number of hydrogen-bond acceptors (Lipinski definition) is 6. The Labute approximate surface area is 103 Å². The molecule has 3 N–H and O–H groups in total. The number of azide groups is 1. The Bertz CT molecular complexity index is 358. The lowest BCUT2D eigenvalue weighted by atomic mass is 9.93. The maximum absolute atomic E-state index is 10.9. The molecule has 0 aromatic heterocycles. The molecule has 4 unspecified atom stereocenters. The molecule has 1 aliphatic heterocycles. The van der Waals surface area contributed by atoms with Gasteiger partial charge in [0, 0.05) is 25.0 Å². The summed E-state index contributed by atoms with van der Waals surface area (Å²) in [5.74, 6) is -4.03. The van der Waals surface area contributed by atoms with Crippen molar-refractivity contribution < 1.29 is 29.6 Å². The van der Waals surface area contributed by atoms with Crippen LogP contribution in [-0.4, -0.2) is 59.0 Å². The summed E-state index contributed by atoms with van der Waals surface area (Å²) in [6, 6.07) is 0. The standard InChI is InChI=1S/C9H15N3O6/c1-17-7-5(13)4-9(16,8(14)15)18-6(7)2-3-11-12-10/h5-7,13,16H,2-4H2,1H3,(H,14,15). The zero-order valence-electron chi connectivity index (χ0n) is 9.76. The fourth-order valence-electron chi connectivity index (χ4n) is 1.91. The van der Waals surface area contributed by atoms with E-state index < -0.39 is 36.5 Å². The van der Waals surface area contributed by atoms with E-state index in [1.54, 1.807) is 0 Å². The van der Waals surface area contributed by atoms with Gasteiger partial charge in [0.25, 0.3) is 5.79 Å². The highest BCUT2D eigenvalue weighted by Gasteiger charge is 2.50. The number of aliphatic hydroxyl groups is 2. The predicted molar refractivity (Wildman–Crippen MR) is 57.5 cm³/mol. The maximum atomic E-state index is 10.9. The van der Waals surface area contributed by atoms with Gasteiger partial charge < -0.3 is 24.8 Å². The molecule has 1 aliphatic rings. The van der Waals surface area contributed by atoms with Crippen molar-refractivity contribution >= 4 is 5.97 Å². The molecule has 4 atom stereocenters. The topological polar surface area (TPSA) is 145 Å². The number of carboxylic acid groups (broad SMARTS) is 1. The molecule has 0 aromatic rings. The zero-order chi connectivity index (χ0) is 13.8. The predicted octanol–water partition coefficient (Wildman–Crippen LogP) is -0.375. The van der Waals surface area contributed by atoms with Crippen LogP contribution in [0.4, 0.5) is 0 Å². The summed E-state index contributed by atoms with van der Waals surface area (Å²) in [7, 11) is 1.34. The Morgan fingerprint density at radius 2 is 2.39 bits per heavy atom. The van der Waals surface area contributed by atoms with Crippen molar-refractivity contribution in [3.05, 3.63) is 10.4 Å². The maximum Gasteiger partial charge on any atom is 0.364 e. The van der Waals surface area contributed by atoms with Crippen LogP contribution in [0.5, 0.6) is 0 Å². The van der Waals surface area contributed by atoms with Gasteiger partial charge in [-0.25, -0.2) is 4.79 Å². The highest BCUT2D eigenvalue weighted by Crippen LogP contribution is 2.30. The molecule has 0 radical (unpaired) electrons. The smallest absolute Gasteiger partial charge is 0.364 e. The van der Waals surface area contributed by atoms with Crippen LogP contribution in [0.3, 0.4) is 0 Å². The van der Waals surface area contributed by atoms with Crippen molar-refractivity contribution in [3.8, 4) is 0 Å².